The molecule has 0 atom stereocenters. The van der Waals surface area contributed by atoms with Crippen molar-refractivity contribution in [3.63, 3.8) is 0 Å². The summed E-state index contributed by atoms with van der Waals surface area (Å²) < 4.78 is 0. The number of pyridine rings is 1. The summed E-state index contributed by atoms with van der Waals surface area (Å²) in [5.41, 5.74) is 0.668. The van der Waals surface area contributed by atoms with Crippen LogP contribution in [0.15, 0.2) is 18.3 Å². The fourth-order valence-electron chi connectivity index (χ4n) is 4.98. The van der Waals surface area contributed by atoms with Gasteiger partial charge in [-0.15, -0.1) is 0 Å². The maximum absolute atomic E-state index is 12.8. The standard InChI is InChI=1S/C23H34N4O2/c28-22-7-4-12-27(22)17-19-10-13-26(14-11-19)23(29)20-8-9-21(25-16-20)24-15-18-5-2-1-3-6-18/h8-9,16,18-19H,1-7,10-15,17H2,(H,24,25). The highest BCUT2D eigenvalue weighted by Crippen LogP contribution is 2.24. The monoisotopic (exact) mass is 398 g/mol. The van der Waals surface area contributed by atoms with Gasteiger partial charge in [0.2, 0.25) is 5.91 Å². The fourth-order valence-corrected chi connectivity index (χ4v) is 4.98. The van der Waals surface area contributed by atoms with Crippen LogP contribution in [0.25, 0.3) is 0 Å². The number of aromatic nitrogens is 1. The second kappa shape index (κ2) is 9.59. The Balaban J connectivity index is 1.22. The Labute approximate surface area is 174 Å². The van der Waals surface area contributed by atoms with Gasteiger partial charge in [-0.25, -0.2) is 4.98 Å². The van der Waals surface area contributed by atoms with Crippen molar-refractivity contribution in [1.82, 2.24) is 14.8 Å². The van der Waals surface area contributed by atoms with E-state index in [0.29, 0.717) is 23.8 Å². The predicted molar refractivity (Wildman–Crippen MR) is 114 cm³/mol. The summed E-state index contributed by atoms with van der Waals surface area (Å²) in [6.07, 6.45) is 12.0. The van der Waals surface area contributed by atoms with Gasteiger partial charge in [-0.2, -0.15) is 0 Å². The SMILES string of the molecule is O=C1CCCN1CC1CCN(C(=O)c2ccc(NCC3CCCCC3)nc2)CC1. The van der Waals surface area contributed by atoms with Gasteiger partial charge < -0.3 is 15.1 Å². The molecule has 1 saturated carbocycles. The van der Waals surface area contributed by atoms with Crippen LogP contribution in [0.3, 0.4) is 0 Å². The van der Waals surface area contributed by atoms with Crippen LogP contribution in [-0.2, 0) is 4.79 Å². The third-order valence-corrected chi connectivity index (χ3v) is 6.86. The Bertz CT molecular complexity index is 691. The highest BCUT2D eigenvalue weighted by atomic mass is 16.2. The molecular formula is C23H34N4O2. The van der Waals surface area contributed by atoms with Crippen molar-refractivity contribution >= 4 is 17.6 Å². The number of rotatable bonds is 6. The second-order valence-electron chi connectivity index (χ2n) is 9.00. The van der Waals surface area contributed by atoms with Gasteiger partial charge in [-0.05, 0) is 56.1 Å². The fraction of sp³-hybridized carbons (Fsp3) is 0.696. The lowest BCUT2D eigenvalue weighted by atomic mass is 9.89. The lowest BCUT2D eigenvalue weighted by Gasteiger charge is -2.34. The van der Waals surface area contributed by atoms with Gasteiger partial charge in [0.1, 0.15) is 5.82 Å². The minimum atomic E-state index is 0.0760. The molecule has 2 aliphatic heterocycles. The van der Waals surface area contributed by atoms with Crippen LogP contribution in [0.1, 0.15) is 68.1 Å². The maximum Gasteiger partial charge on any atom is 0.255 e. The normalized spacial score (nSPS) is 21.6. The Hall–Kier alpha value is -2.11. The maximum atomic E-state index is 12.8. The predicted octanol–water partition coefficient (Wildman–Crippen LogP) is 3.55. The topological polar surface area (TPSA) is 65.5 Å². The molecule has 3 heterocycles. The largest absolute Gasteiger partial charge is 0.370 e. The van der Waals surface area contributed by atoms with Gasteiger partial charge in [0.25, 0.3) is 5.91 Å². The first-order chi connectivity index (χ1) is 14.2. The lowest BCUT2D eigenvalue weighted by molar-refractivity contribution is -0.128. The van der Waals surface area contributed by atoms with Crippen LogP contribution in [0.4, 0.5) is 5.82 Å². The molecule has 0 spiro atoms. The van der Waals surface area contributed by atoms with Crippen molar-refractivity contribution in [2.24, 2.45) is 11.8 Å². The van der Waals surface area contributed by atoms with Gasteiger partial charge in [-0.3, -0.25) is 9.59 Å². The van der Waals surface area contributed by atoms with Crippen molar-refractivity contribution in [1.29, 1.82) is 0 Å². The Morgan fingerprint density at radius 2 is 1.79 bits per heavy atom. The number of anilines is 1. The van der Waals surface area contributed by atoms with Crippen LogP contribution < -0.4 is 5.32 Å². The minimum Gasteiger partial charge on any atom is -0.370 e. The molecule has 3 fully saturated rings. The molecule has 6 nitrogen and oxygen atoms in total. The molecule has 1 N–H and O–H groups in total. The van der Waals surface area contributed by atoms with E-state index in [-0.39, 0.29) is 5.91 Å². The summed E-state index contributed by atoms with van der Waals surface area (Å²) in [6.45, 7) is 4.29. The van der Waals surface area contributed by atoms with Crippen molar-refractivity contribution in [3.05, 3.63) is 23.9 Å². The van der Waals surface area contributed by atoms with Gasteiger partial charge in [-0.1, -0.05) is 19.3 Å². The van der Waals surface area contributed by atoms with Crippen molar-refractivity contribution in [3.8, 4) is 0 Å². The average Bonchev–Trinajstić information content (AvgIpc) is 3.18. The van der Waals surface area contributed by atoms with E-state index in [1.165, 1.54) is 32.1 Å². The molecule has 0 radical (unpaired) electrons. The molecule has 0 unspecified atom stereocenters. The number of nitrogens with zero attached hydrogens (tertiary/aromatic N) is 3. The zero-order valence-electron chi connectivity index (χ0n) is 17.4. The van der Waals surface area contributed by atoms with E-state index in [0.717, 1.165) is 63.7 Å². The Kier molecular flexibility index (Phi) is 6.67. The third-order valence-electron chi connectivity index (χ3n) is 6.86. The first kappa shape index (κ1) is 20.2. The molecule has 1 aromatic rings. The minimum absolute atomic E-state index is 0.0760. The molecule has 1 aromatic heterocycles. The van der Waals surface area contributed by atoms with Crippen molar-refractivity contribution in [2.45, 2.75) is 57.8 Å². The van der Waals surface area contributed by atoms with Crippen molar-refractivity contribution in [2.75, 3.05) is 38.0 Å². The molecule has 0 bridgehead atoms. The van der Waals surface area contributed by atoms with E-state index in [1.807, 2.05) is 21.9 Å². The highest BCUT2D eigenvalue weighted by Gasteiger charge is 2.28. The van der Waals surface area contributed by atoms with Gasteiger partial charge in [0.15, 0.2) is 0 Å². The number of piperidine rings is 1. The second-order valence-corrected chi connectivity index (χ2v) is 9.00. The van der Waals surface area contributed by atoms with Gasteiger partial charge >= 0.3 is 0 Å². The molecule has 0 aromatic carbocycles. The van der Waals surface area contributed by atoms with E-state index in [9.17, 15) is 9.59 Å². The van der Waals surface area contributed by atoms with E-state index in [2.05, 4.69) is 10.3 Å². The molecule has 4 rings (SSSR count). The van der Waals surface area contributed by atoms with Crippen LogP contribution in [0.2, 0.25) is 0 Å². The van der Waals surface area contributed by atoms with Crippen LogP contribution in [0.5, 0.6) is 0 Å². The Morgan fingerprint density at radius 1 is 1.00 bits per heavy atom. The van der Waals surface area contributed by atoms with Crippen molar-refractivity contribution < 1.29 is 9.59 Å². The van der Waals surface area contributed by atoms with Crippen LogP contribution >= 0.6 is 0 Å². The summed E-state index contributed by atoms with van der Waals surface area (Å²) in [7, 11) is 0. The number of likely N-dealkylation sites (tertiary alicyclic amines) is 2. The molecular weight excluding hydrogens is 364 g/mol. The summed E-state index contributed by atoms with van der Waals surface area (Å²) in [6, 6.07) is 3.83. The van der Waals surface area contributed by atoms with E-state index in [1.54, 1.807) is 6.20 Å². The molecule has 158 valence electrons. The first-order valence-corrected chi connectivity index (χ1v) is 11.5. The zero-order valence-corrected chi connectivity index (χ0v) is 17.4. The molecule has 2 amide bonds. The van der Waals surface area contributed by atoms with Crippen LogP contribution in [-0.4, -0.2) is 59.3 Å². The summed E-state index contributed by atoms with van der Waals surface area (Å²) >= 11 is 0. The molecule has 1 aliphatic carbocycles. The third kappa shape index (κ3) is 5.28. The lowest BCUT2D eigenvalue weighted by Crippen LogP contribution is -2.41. The van der Waals surface area contributed by atoms with Gasteiger partial charge in [0.05, 0.1) is 5.56 Å². The molecule has 29 heavy (non-hydrogen) atoms. The first-order valence-electron chi connectivity index (χ1n) is 11.5. The van der Waals surface area contributed by atoms with E-state index in [4.69, 9.17) is 0 Å². The quantitative estimate of drug-likeness (QED) is 0.796. The molecule has 3 aliphatic rings. The number of hydrogen-bond donors (Lipinski definition) is 1. The number of carbonyl (C=O) groups is 2. The van der Waals surface area contributed by atoms with Gasteiger partial charge in [0, 0.05) is 45.3 Å². The molecule has 6 heteroatoms. The number of carbonyl (C=O) groups excluding carboxylic acids is 2. The summed E-state index contributed by atoms with van der Waals surface area (Å²) in [5, 5.41) is 3.44. The Morgan fingerprint density at radius 3 is 2.45 bits per heavy atom. The van der Waals surface area contributed by atoms with Crippen LogP contribution in [0, 0.1) is 11.8 Å². The smallest absolute Gasteiger partial charge is 0.255 e. The number of amides is 2. The highest BCUT2D eigenvalue weighted by molar-refractivity contribution is 5.94. The molecule has 2 saturated heterocycles. The summed E-state index contributed by atoms with van der Waals surface area (Å²) in [4.78, 5) is 33.1. The summed E-state index contributed by atoms with van der Waals surface area (Å²) in [5.74, 6) is 2.51. The number of hydrogen-bond acceptors (Lipinski definition) is 4. The zero-order chi connectivity index (χ0) is 20.1. The number of nitrogens with one attached hydrogen (secondary N) is 1. The van der Waals surface area contributed by atoms with E-state index < -0.39 is 0 Å². The van der Waals surface area contributed by atoms with E-state index >= 15 is 0 Å². The average molecular weight is 399 g/mol.